The highest BCUT2D eigenvalue weighted by molar-refractivity contribution is 5.76. The number of hydrogen-bond acceptors (Lipinski definition) is 4. The number of carbonyl (C=O) groups excluding carboxylic acids is 1. The quantitative estimate of drug-likeness (QED) is 0.734. The molecule has 0 aliphatic heterocycles. The third-order valence-corrected chi connectivity index (χ3v) is 5.18. The highest BCUT2D eigenvalue weighted by Gasteiger charge is 2.16. The van der Waals surface area contributed by atoms with Gasteiger partial charge in [0.05, 0.1) is 18.2 Å². The van der Waals surface area contributed by atoms with Gasteiger partial charge in [0.15, 0.2) is 5.65 Å². The van der Waals surface area contributed by atoms with E-state index in [4.69, 9.17) is 0 Å². The molecular weight excluding hydrogens is 361 g/mol. The van der Waals surface area contributed by atoms with Crippen molar-refractivity contribution in [2.75, 3.05) is 0 Å². The summed E-state index contributed by atoms with van der Waals surface area (Å²) in [5.41, 5.74) is 0.774. The topological polar surface area (TPSA) is 81.8 Å². The number of aromatic nitrogens is 4. The molecule has 1 fully saturated rings. The van der Waals surface area contributed by atoms with Crippen molar-refractivity contribution >= 4 is 16.9 Å². The van der Waals surface area contributed by atoms with Crippen LogP contribution >= 0.6 is 0 Å². The lowest BCUT2D eigenvalue weighted by Gasteiger charge is -2.22. The number of nitrogens with one attached hydrogen (secondary N) is 1. The zero-order chi connectivity index (χ0) is 19.5. The van der Waals surface area contributed by atoms with Crippen molar-refractivity contribution in [1.29, 1.82) is 0 Å². The molecule has 1 aliphatic carbocycles. The second kappa shape index (κ2) is 7.92. The zero-order valence-electron chi connectivity index (χ0n) is 15.5. The van der Waals surface area contributed by atoms with E-state index in [1.807, 2.05) is 0 Å². The Kier molecular flexibility index (Phi) is 5.18. The van der Waals surface area contributed by atoms with Gasteiger partial charge in [-0.05, 0) is 37.1 Å². The summed E-state index contributed by atoms with van der Waals surface area (Å²) in [6.45, 7) is 0.266. The Balaban J connectivity index is 1.48. The van der Waals surface area contributed by atoms with E-state index in [1.165, 1.54) is 40.3 Å². The maximum absolute atomic E-state index is 13.1. The average Bonchev–Trinajstić information content (AvgIpc) is 3.14. The van der Waals surface area contributed by atoms with Gasteiger partial charge in [-0.3, -0.25) is 14.2 Å². The summed E-state index contributed by atoms with van der Waals surface area (Å²) < 4.78 is 16.1. The molecule has 4 rings (SSSR count). The number of aryl methyl sites for hydroxylation is 1. The molecule has 3 aromatic rings. The number of benzene rings is 1. The number of amides is 1. The van der Waals surface area contributed by atoms with Crippen molar-refractivity contribution < 1.29 is 9.18 Å². The van der Waals surface area contributed by atoms with E-state index in [0.717, 1.165) is 25.7 Å². The van der Waals surface area contributed by atoms with Crippen LogP contribution in [0.15, 0.2) is 41.6 Å². The molecule has 1 aliphatic rings. The fraction of sp³-hybridized carbons (Fsp3) is 0.400. The Morgan fingerprint density at radius 2 is 1.93 bits per heavy atom. The standard InChI is InChI=1S/C20H22FN5O2/c21-14-6-8-16(9-7-14)26-19-17(12-23-26)20(28)25(13-22-19)11-10-18(27)24-15-4-2-1-3-5-15/h6-9,12-13,15H,1-5,10-11H2,(H,24,27). The van der Waals surface area contributed by atoms with Gasteiger partial charge in [-0.25, -0.2) is 14.1 Å². The molecule has 146 valence electrons. The normalized spacial score (nSPS) is 15.0. The minimum absolute atomic E-state index is 0.0408. The molecule has 7 nitrogen and oxygen atoms in total. The van der Waals surface area contributed by atoms with E-state index in [9.17, 15) is 14.0 Å². The van der Waals surface area contributed by atoms with Crippen LogP contribution in [0.25, 0.3) is 16.7 Å². The van der Waals surface area contributed by atoms with Gasteiger partial charge in [0.2, 0.25) is 5.91 Å². The molecule has 1 N–H and O–H groups in total. The first kappa shape index (κ1) is 18.3. The number of fused-ring (bicyclic) bond motifs is 1. The van der Waals surface area contributed by atoms with E-state index in [-0.39, 0.29) is 36.3 Å². The van der Waals surface area contributed by atoms with Crippen LogP contribution in [0.1, 0.15) is 38.5 Å². The maximum atomic E-state index is 13.1. The van der Waals surface area contributed by atoms with Gasteiger partial charge in [-0.1, -0.05) is 19.3 Å². The van der Waals surface area contributed by atoms with Gasteiger partial charge >= 0.3 is 0 Å². The van der Waals surface area contributed by atoms with E-state index < -0.39 is 0 Å². The number of carbonyl (C=O) groups is 1. The number of hydrogen-bond donors (Lipinski definition) is 1. The molecule has 2 heterocycles. The van der Waals surface area contributed by atoms with E-state index in [2.05, 4.69) is 15.4 Å². The molecule has 0 radical (unpaired) electrons. The summed E-state index contributed by atoms with van der Waals surface area (Å²) in [7, 11) is 0. The van der Waals surface area contributed by atoms with Gasteiger partial charge in [0.1, 0.15) is 11.2 Å². The third-order valence-electron chi connectivity index (χ3n) is 5.18. The Hall–Kier alpha value is -3.03. The summed E-state index contributed by atoms with van der Waals surface area (Å²) in [5.74, 6) is -0.386. The van der Waals surface area contributed by atoms with Gasteiger partial charge in [-0.2, -0.15) is 5.10 Å². The van der Waals surface area contributed by atoms with Gasteiger partial charge < -0.3 is 5.32 Å². The molecule has 0 spiro atoms. The minimum atomic E-state index is -0.345. The van der Waals surface area contributed by atoms with Crippen molar-refractivity contribution in [3.63, 3.8) is 0 Å². The van der Waals surface area contributed by atoms with Crippen LogP contribution in [0.4, 0.5) is 4.39 Å². The molecule has 1 amide bonds. The summed E-state index contributed by atoms with van der Waals surface area (Å²) in [5, 5.41) is 7.62. The fourth-order valence-corrected chi connectivity index (χ4v) is 3.65. The van der Waals surface area contributed by atoms with Crippen LogP contribution in [0.5, 0.6) is 0 Å². The molecule has 28 heavy (non-hydrogen) atoms. The molecule has 0 saturated heterocycles. The molecule has 1 aromatic carbocycles. The lowest BCUT2D eigenvalue weighted by atomic mass is 9.95. The lowest BCUT2D eigenvalue weighted by Crippen LogP contribution is -2.37. The van der Waals surface area contributed by atoms with Gasteiger partial charge in [0.25, 0.3) is 5.56 Å². The average molecular weight is 383 g/mol. The van der Waals surface area contributed by atoms with Crippen LogP contribution in [0.2, 0.25) is 0 Å². The van der Waals surface area contributed by atoms with E-state index >= 15 is 0 Å². The Bertz CT molecular complexity index is 1030. The summed E-state index contributed by atoms with van der Waals surface area (Å²) in [6.07, 6.45) is 8.72. The Morgan fingerprint density at radius 3 is 2.68 bits per heavy atom. The number of halogens is 1. The number of nitrogens with zero attached hydrogens (tertiary/aromatic N) is 4. The Morgan fingerprint density at radius 1 is 1.18 bits per heavy atom. The molecule has 8 heteroatoms. The highest BCUT2D eigenvalue weighted by atomic mass is 19.1. The molecule has 2 aromatic heterocycles. The van der Waals surface area contributed by atoms with E-state index in [1.54, 1.807) is 12.1 Å². The smallest absolute Gasteiger partial charge is 0.264 e. The van der Waals surface area contributed by atoms with Crippen molar-refractivity contribution in [3.05, 3.63) is 53.0 Å². The molecule has 0 atom stereocenters. The van der Waals surface area contributed by atoms with Gasteiger partial charge in [0, 0.05) is 19.0 Å². The monoisotopic (exact) mass is 383 g/mol. The highest BCUT2D eigenvalue weighted by Crippen LogP contribution is 2.17. The molecule has 0 unspecified atom stereocenters. The van der Waals surface area contributed by atoms with Crippen molar-refractivity contribution in [2.24, 2.45) is 0 Å². The summed E-state index contributed by atoms with van der Waals surface area (Å²) in [4.78, 5) is 29.2. The first-order chi connectivity index (χ1) is 13.6. The fourth-order valence-electron chi connectivity index (χ4n) is 3.65. The lowest BCUT2D eigenvalue weighted by molar-refractivity contribution is -0.122. The van der Waals surface area contributed by atoms with Crippen LogP contribution < -0.4 is 10.9 Å². The van der Waals surface area contributed by atoms with Crippen LogP contribution in [-0.4, -0.2) is 31.3 Å². The predicted molar refractivity (Wildman–Crippen MR) is 103 cm³/mol. The van der Waals surface area contributed by atoms with Crippen molar-refractivity contribution in [1.82, 2.24) is 24.6 Å². The summed E-state index contributed by atoms with van der Waals surface area (Å²) >= 11 is 0. The zero-order valence-corrected chi connectivity index (χ0v) is 15.5. The largest absolute Gasteiger partial charge is 0.353 e. The van der Waals surface area contributed by atoms with Crippen LogP contribution in [0.3, 0.4) is 0 Å². The molecule has 0 bridgehead atoms. The Labute approximate surface area is 161 Å². The molecule has 1 saturated carbocycles. The first-order valence-corrected chi connectivity index (χ1v) is 9.60. The maximum Gasteiger partial charge on any atom is 0.264 e. The second-order valence-corrected chi connectivity index (χ2v) is 7.17. The first-order valence-electron chi connectivity index (χ1n) is 9.60. The third kappa shape index (κ3) is 3.81. The van der Waals surface area contributed by atoms with Crippen LogP contribution in [0, 0.1) is 5.82 Å². The summed E-state index contributed by atoms with van der Waals surface area (Å²) in [6, 6.07) is 6.06. The second-order valence-electron chi connectivity index (χ2n) is 7.17. The SMILES string of the molecule is O=C(CCn1cnc2c(cnn2-c2ccc(F)cc2)c1=O)NC1CCCCC1. The van der Waals surface area contributed by atoms with Gasteiger partial charge in [-0.15, -0.1) is 0 Å². The number of rotatable bonds is 5. The van der Waals surface area contributed by atoms with Crippen molar-refractivity contribution in [3.8, 4) is 5.69 Å². The van der Waals surface area contributed by atoms with Crippen molar-refractivity contribution in [2.45, 2.75) is 51.1 Å². The predicted octanol–water partition coefficient (Wildman–Crippen LogP) is 2.56. The minimum Gasteiger partial charge on any atom is -0.353 e. The van der Waals surface area contributed by atoms with E-state index in [0.29, 0.717) is 16.7 Å². The van der Waals surface area contributed by atoms with Crippen LogP contribution in [-0.2, 0) is 11.3 Å². The molecular formula is C20H22FN5O2.